The summed E-state index contributed by atoms with van der Waals surface area (Å²) in [5, 5.41) is 11.5. The van der Waals surface area contributed by atoms with Gasteiger partial charge in [-0.1, -0.05) is 19.0 Å². The molecule has 0 aliphatic carbocycles. The number of hydrogen-bond acceptors (Lipinski definition) is 4. The Bertz CT molecular complexity index is 375. The summed E-state index contributed by atoms with van der Waals surface area (Å²) in [6.07, 6.45) is 1.36. The van der Waals surface area contributed by atoms with E-state index in [0.717, 1.165) is 11.3 Å². The zero-order valence-corrected chi connectivity index (χ0v) is 10.5. The monoisotopic (exact) mass is 237 g/mol. The summed E-state index contributed by atoms with van der Waals surface area (Å²) in [6, 6.07) is 5.43. The van der Waals surface area contributed by atoms with Crippen LogP contribution in [0.25, 0.3) is 0 Å². The van der Waals surface area contributed by atoms with Crippen molar-refractivity contribution in [1.29, 1.82) is 0 Å². The van der Waals surface area contributed by atoms with Gasteiger partial charge in [0.2, 0.25) is 0 Å². The highest BCUT2D eigenvalue weighted by atomic mass is 16.5. The summed E-state index contributed by atoms with van der Waals surface area (Å²) >= 11 is 0. The van der Waals surface area contributed by atoms with Crippen LogP contribution in [0.3, 0.4) is 0 Å². The smallest absolute Gasteiger partial charge is 0.161 e. The molecule has 1 N–H and O–H groups in total. The van der Waals surface area contributed by atoms with Gasteiger partial charge in [0.05, 0.1) is 19.4 Å². The lowest BCUT2D eigenvalue weighted by Crippen LogP contribution is -2.06. The SMILES string of the molecule is CCOc1cc(/C=N/O)ccc1OCC(C)C. The van der Waals surface area contributed by atoms with Crippen molar-refractivity contribution in [2.75, 3.05) is 13.2 Å². The molecule has 94 valence electrons. The number of benzene rings is 1. The summed E-state index contributed by atoms with van der Waals surface area (Å²) in [7, 11) is 0. The second-order valence-electron chi connectivity index (χ2n) is 4.09. The van der Waals surface area contributed by atoms with Crippen molar-refractivity contribution < 1.29 is 14.7 Å². The van der Waals surface area contributed by atoms with E-state index in [1.165, 1.54) is 6.21 Å². The summed E-state index contributed by atoms with van der Waals surface area (Å²) in [6.45, 7) is 7.31. The van der Waals surface area contributed by atoms with Gasteiger partial charge in [0.15, 0.2) is 11.5 Å². The van der Waals surface area contributed by atoms with Crippen molar-refractivity contribution in [3.05, 3.63) is 23.8 Å². The number of oxime groups is 1. The Hall–Kier alpha value is -1.71. The predicted octanol–water partition coefficient (Wildman–Crippen LogP) is 2.93. The normalized spacial score (nSPS) is 11.1. The second kappa shape index (κ2) is 6.78. The molecule has 0 aliphatic rings. The second-order valence-corrected chi connectivity index (χ2v) is 4.09. The first-order valence-corrected chi connectivity index (χ1v) is 5.74. The minimum absolute atomic E-state index is 0.461. The third kappa shape index (κ3) is 4.34. The maximum atomic E-state index is 8.48. The Morgan fingerprint density at radius 1 is 1.29 bits per heavy atom. The third-order valence-corrected chi connectivity index (χ3v) is 2.05. The van der Waals surface area contributed by atoms with E-state index in [0.29, 0.717) is 24.9 Å². The van der Waals surface area contributed by atoms with Gasteiger partial charge >= 0.3 is 0 Å². The first kappa shape index (κ1) is 13.4. The summed E-state index contributed by atoms with van der Waals surface area (Å²) in [5.41, 5.74) is 0.771. The lowest BCUT2D eigenvalue weighted by atomic mass is 10.2. The highest BCUT2D eigenvalue weighted by molar-refractivity contribution is 5.80. The standard InChI is InChI=1S/C13H19NO3/c1-4-16-13-7-11(8-14-15)5-6-12(13)17-9-10(2)3/h5-8,10,15H,4,9H2,1-3H3/b14-8+. The zero-order chi connectivity index (χ0) is 12.7. The van der Waals surface area contributed by atoms with Crippen LogP contribution in [0.5, 0.6) is 11.5 Å². The van der Waals surface area contributed by atoms with Crippen molar-refractivity contribution in [3.8, 4) is 11.5 Å². The van der Waals surface area contributed by atoms with Crippen molar-refractivity contribution in [2.45, 2.75) is 20.8 Å². The van der Waals surface area contributed by atoms with Gasteiger partial charge in [-0.3, -0.25) is 0 Å². The molecule has 0 saturated carbocycles. The minimum Gasteiger partial charge on any atom is -0.490 e. The lowest BCUT2D eigenvalue weighted by Gasteiger charge is -2.13. The molecule has 0 radical (unpaired) electrons. The van der Waals surface area contributed by atoms with E-state index in [-0.39, 0.29) is 0 Å². The number of rotatable bonds is 6. The average Bonchev–Trinajstić information content (AvgIpc) is 2.28. The molecule has 1 aromatic carbocycles. The van der Waals surface area contributed by atoms with E-state index in [1.54, 1.807) is 6.07 Å². The van der Waals surface area contributed by atoms with Crippen LogP contribution in [0, 0.1) is 5.92 Å². The van der Waals surface area contributed by atoms with Gasteiger partial charge in [0.25, 0.3) is 0 Å². The molecule has 0 fully saturated rings. The Labute approximate surface area is 102 Å². The molecule has 17 heavy (non-hydrogen) atoms. The number of ether oxygens (including phenoxy) is 2. The molecule has 0 amide bonds. The van der Waals surface area contributed by atoms with Crippen LogP contribution in [-0.4, -0.2) is 24.6 Å². The van der Waals surface area contributed by atoms with E-state index in [9.17, 15) is 0 Å². The Kier molecular flexibility index (Phi) is 5.33. The first-order valence-electron chi connectivity index (χ1n) is 5.74. The van der Waals surface area contributed by atoms with Crippen molar-refractivity contribution in [2.24, 2.45) is 11.1 Å². The minimum atomic E-state index is 0.461. The zero-order valence-electron chi connectivity index (χ0n) is 10.5. The highest BCUT2D eigenvalue weighted by Crippen LogP contribution is 2.28. The fourth-order valence-corrected chi connectivity index (χ4v) is 1.32. The largest absolute Gasteiger partial charge is 0.490 e. The summed E-state index contributed by atoms with van der Waals surface area (Å²) in [4.78, 5) is 0. The van der Waals surface area contributed by atoms with Gasteiger partial charge in [0, 0.05) is 5.56 Å². The maximum absolute atomic E-state index is 8.48. The van der Waals surface area contributed by atoms with Crippen LogP contribution in [0.15, 0.2) is 23.4 Å². The molecule has 0 bridgehead atoms. The quantitative estimate of drug-likeness (QED) is 0.470. The summed E-state index contributed by atoms with van der Waals surface area (Å²) < 4.78 is 11.1. The van der Waals surface area contributed by atoms with Crippen molar-refractivity contribution in [3.63, 3.8) is 0 Å². The van der Waals surface area contributed by atoms with Crippen molar-refractivity contribution in [1.82, 2.24) is 0 Å². The molecule has 0 aromatic heterocycles. The van der Waals surface area contributed by atoms with Gasteiger partial charge in [0.1, 0.15) is 0 Å². The summed E-state index contributed by atoms with van der Waals surface area (Å²) in [5.74, 6) is 1.85. The van der Waals surface area contributed by atoms with E-state index in [4.69, 9.17) is 14.7 Å². The van der Waals surface area contributed by atoms with E-state index in [1.807, 2.05) is 19.1 Å². The fraction of sp³-hybridized carbons (Fsp3) is 0.462. The third-order valence-electron chi connectivity index (χ3n) is 2.05. The highest BCUT2D eigenvalue weighted by Gasteiger charge is 2.06. The molecule has 0 saturated heterocycles. The average molecular weight is 237 g/mol. The van der Waals surface area contributed by atoms with Crippen molar-refractivity contribution >= 4 is 6.21 Å². The molecular weight excluding hydrogens is 218 g/mol. The molecule has 4 nitrogen and oxygen atoms in total. The van der Waals surface area contributed by atoms with E-state index < -0.39 is 0 Å². The fourth-order valence-electron chi connectivity index (χ4n) is 1.32. The first-order chi connectivity index (χ1) is 8.17. The maximum Gasteiger partial charge on any atom is 0.161 e. The number of nitrogens with zero attached hydrogens (tertiary/aromatic N) is 1. The lowest BCUT2D eigenvalue weighted by molar-refractivity contribution is 0.248. The van der Waals surface area contributed by atoms with Gasteiger partial charge in [-0.2, -0.15) is 0 Å². The van der Waals surface area contributed by atoms with Crippen LogP contribution < -0.4 is 9.47 Å². The molecule has 4 heteroatoms. The Morgan fingerprint density at radius 3 is 2.65 bits per heavy atom. The number of hydrogen-bond donors (Lipinski definition) is 1. The molecule has 0 aliphatic heterocycles. The molecule has 0 heterocycles. The van der Waals surface area contributed by atoms with Gasteiger partial charge in [-0.25, -0.2) is 0 Å². The Morgan fingerprint density at radius 2 is 2.06 bits per heavy atom. The van der Waals surface area contributed by atoms with Crippen LogP contribution in [0.4, 0.5) is 0 Å². The molecule has 0 unspecified atom stereocenters. The van der Waals surface area contributed by atoms with Crippen LogP contribution >= 0.6 is 0 Å². The molecule has 0 atom stereocenters. The molecule has 1 rings (SSSR count). The molecular formula is C13H19NO3. The van der Waals surface area contributed by atoms with Gasteiger partial charge in [-0.15, -0.1) is 0 Å². The van der Waals surface area contributed by atoms with Crippen LogP contribution in [0.1, 0.15) is 26.3 Å². The van der Waals surface area contributed by atoms with Gasteiger partial charge < -0.3 is 14.7 Å². The molecule has 0 spiro atoms. The van der Waals surface area contributed by atoms with E-state index >= 15 is 0 Å². The topological polar surface area (TPSA) is 51.0 Å². The van der Waals surface area contributed by atoms with E-state index in [2.05, 4.69) is 19.0 Å². The Balaban J connectivity index is 2.87. The molecule has 1 aromatic rings. The van der Waals surface area contributed by atoms with Crippen LogP contribution in [0.2, 0.25) is 0 Å². The predicted molar refractivity (Wildman–Crippen MR) is 67.3 cm³/mol. The van der Waals surface area contributed by atoms with Crippen LogP contribution in [-0.2, 0) is 0 Å². The van der Waals surface area contributed by atoms with Gasteiger partial charge in [-0.05, 0) is 31.0 Å².